The summed E-state index contributed by atoms with van der Waals surface area (Å²) in [6.07, 6.45) is 7.08. The molecule has 0 saturated carbocycles. The van der Waals surface area contributed by atoms with Crippen LogP contribution in [-0.2, 0) is 0 Å². The van der Waals surface area contributed by atoms with Crippen molar-refractivity contribution in [1.82, 2.24) is 4.98 Å². The average Bonchev–Trinajstić information content (AvgIpc) is 3.35. The molecule has 2 unspecified atom stereocenters. The molecule has 0 amide bonds. The van der Waals surface area contributed by atoms with Crippen LogP contribution < -0.4 is 0 Å². The van der Waals surface area contributed by atoms with Crippen LogP contribution in [0.4, 0.5) is 0 Å². The molecule has 0 fully saturated rings. The largest absolute Gasteiger partial charge is 0.256 e. The van der Waals surface area contributed by atoms with Gasteiger partial charge >= 0.3 is 0 Å². The van der Waals surface area contributed by atoms with Gasteiger partial charge in [-0.25, -0.2) is 0 Å². The quantitative estimate of drug-likeness (QED) is 0.234. The first-order chi connectivity index (χ1) is 19.1. The van der Waals surface area contributed by atoms with Gasteiger partial charge in [-0.3, -0.25) is 4.98 Å². The number of benzene rings is 4. The Balaban J connectivity index is 1.28. The minimum Gasteiger partial charge on any atom is -0.256 e. The van der Waals surface area contributed by atoms with Crippen LogP contribution in [0.5, 0.6) is 0 Å². The van der Waals surface area contributed by atoms with Gasteiger partial charge in [0, 0.05) is 21.8 Å². The predicted molar refractivity (Wildman–Crippen MR) is 166 cm³/mol. The third-order valence-corrected chi connectivity index (χ3v) is 9.08. The maximum Gasteiger partial charge on any atom is 0.0625 e. The number of aryl methyl sites for hydroxylation is 2. The van der Waals surface area contributed by atoms with Crippen LogP contribution in [0, 0.1) is 13.8 Å². The monoisotopic (exact) mass is 519 g/mol. The Morgan fingerprint density at radius 3 is 2.23 bits per heavy atom. The lowest BCUT2D eigenvalue weighted by molar-refractivity contribution is 0.829. The van der Waals surface area contributed by atoms with Gasteiger partial charge in [-0.15, -0.1) is 11.8 Å². The number of allylic oxidation sites excluding steroid dienone is 3. The van der Waals surface area contributed by atoms with Crippen molar-refractivity contribution in [2.75, 3.05) is 0 Å². The molecule has 0 saturated heterocycles. The molecule has 0 spiro atoms. The first-order valence-corrected chi connectivity index (χ1v) is 14.4. The molecule has 2 aliphatic rings. The normalized spacial score (nSPS) is 17.4. The summed E-state index contributed by atoms with van der Waals surface area (Å²) in [5.74, 6) is 0.357. The molecule has 2 atom stereocenters. The highest BCUT2D eigenvalue weighted by atomic mass is 32.2. The van der Waals surface area contributed by atoms with Crippen LogP contribution in [-0.4, -0.2) is 10.2 Å². The Labute approximate surface area is 235 Å². The second-order valence-electron chi connectivity index (χ2n) is 10.5. The highest BCUT2D eigenvalue weighted by molar-refractivity contribution is 8.00. The van der Waals surface area contributed by atoms with Crippen molar-refractivity contribution in [2.45, 2.75) is 29.9 Å². The first kappa shape index (κ1) is 23.9. The average molecular weight is 520 g/mol. The van der Waals surface area contributed by atoms with E-state index in [4.69, 9.17) is 4.98 Å². The summed E-state index contributed by atoms with van der Waals surface area (Å²) in [6, 6.07) is 39.8. The van der Waals surface area contributed by atoms with Crippen LogP contribution in [0.15, 0.2) is 132 Å². The molecule has 0 radical (unpaired) electrons. The fourth-order valence-electron chi connectivity index (χ4n) is 5.69. The molecule has 1 aliphatic heterocycles. The van der Waals surface area contributed by atoms with Crippen LogP contribution >= 0.6 is 11.8 Å². The molecule has 2 heterocycles. The summed E-state index contributed by atoms with van der Waals surface area (Å²) >= 11 is 1.94. The summed E-state index contributed by atoms with van der Waals surface area (Å²) in [7, 11) is 0. The summed E-state index contributed by atoms with van der Waals surface area (Å²) in [6.45, 7) is 4.22. The van der Waals surface area contributed by atoms with E-state index in [1.807, 2.05) is 11.8 Å². The van der Waals surface area contributed by atoms with Crippen molar-refractivity contribution in [3.05, 3.63) is 150 Å². The highest BCUT2D eigenvalue weighted by Gasteiger charge is 2.33. The van der Waals surface area contributed by atoms with E-state index in [1.54, 1.807) is 0 Å². The molecule has 39 heavy (non-hydrogen) atoms. The van der Waals surface area contributed by atoms with Crippen molar-refractivity contribution < 1.29 is 0 Å². The number of fused-ring (bicyclic) bond motifs is 3. The van der Waals surface area contributed by atoms with Gasteiger partial charge in [0.2, 0.25) is 0 Å². The van der Waals surface area contributed by atoms with E-state index in [0.29, 0.717) is 11.2 Å². The fourth-order valence-corrected chi connectivity index (χ4v) is 7.02. The van der Waals surface area contributed by atoms with E-state index in [0.717, 1.165) is 5.69 Å². The van der Waals surface area contributed by atoms with Crippen molar-refractivity contribution in [3.63, 3.8) is 0 Å². The molecule has 0 N–H and O–H groups in total. The summed E-state index contributed by atoms with van der Waals surface area (Å²) in [5.41, 5.74) is 13.6. The minimum absolute atomic E-state index is 0.357. The third kappa shape index (κ3) is 4.56. The predicted octanol–water partition coefficient (Wildman–Crippen LogP) is 9.91. The lowest BCUT2D eigenvalue weighted by atomic mass is 9.87. The Morgan fingerprint density at radius 2 is 1.38 bits per heavy atom. The zero-order chi connectivity index (χ0) is 26.3. The van der Waals surface area contributed by atoms with Crippen LogP contribution in [0.1, 0.15) is 28.4 Å². The summed E-state index contributed by atoms with van der Waals surface area (Å²) in [5, 5.41) is 0.395. The topological polar surface area (TPSA) is 12.9 Å². The molecule has 188 valence electrons. The van der Waals surface area contributed by atoms with Crippen LogP contribution in [0.2, 0.25) is 0 Å². The molecular formula is C37H29NS. The third-order valence-electron chi connectivity index (χ3n) is 7.78. The Bertz CT molecular complexity index is 1750. The van der Waals surface area contributed by atoms with E-state index in [1.165, 1.54) is 60.7 Å². The first-order valence-electron chi connectivity index (χ1n) is 13.5. The number of aromatic nitrogens is 1. The smallest absolute Gasteiger partial charge is 0.0625 e. The number of thioether (sulfide) groups is 1. The van der Waals surface area contributed by atoms with Crippen molar-refractivity contribution in [3.8, 4) is 33.4 Å². The van der Waals surface area contributed by atoms with Gasteiger partial charge in [-0.2, -0.15) is 0 Å². The number of nitrogens with zero attached hydrogens (tertiary/aromatic N) is 1. The second-order valence-corrected chi connectivity index (χ2v) is 11.7. The van der Waals surface area contributed by atoms with Gasteiger partial charge in [-0.1, -0.05) is 109 Å². The molecule has 7 rings (SSSR count). The van der Waals surface area contributed by atoms with Crippen molar-refractivity contribution in [1.29, 1.82) is 0 Å². The molecule has 5 aromatic rings. The van der Waals surface area contributed by atoms with E-state index < -0.39 is 0 Å². The molecule has 4 aromatic carbocycles. The Morgan fingerprint density at radius 1 is 0.615 bits per heavy atom. The second kappa shape index (κ2) is 9.87. The van der Waals surface area contributed by atoms with Gasteiger partial charge < -0.3 is 0 Å². The highest BCUT2D eigenvalue weighted by Crippen LogP contribution is 2.49. The molecule has 1 nitrogen and oxygen atoms in total. The van der Waals surface area contributed by atoms with E-state index in [2.05, 4.69) is 141 Å². The zero-order valence-corrected chi connectivity index (χ0v) is 23.0. The lowest BCUT2D eigenvalue weighted by Gasteiger charge is -2.19. The number of hydrogen-bond acceptors (Lipinski definition) is 2. The summed E-state index contributed by atoms with van der Waals surface area (Å²) < 4.78 is 0. The zero-order valence-electron chi connectivity index (χ0n) is 22.1. The number of rotatable bonds is 4. The van der Waals surface area contributed by atoms with Gasteiger partial charge in [0.25, 0.3) is 0 Å². The minimum atomic E-state index is 0.357. The standard InChI is InChI=1S/C37H29NS/c1-24-11-14-27(15-12-24)34-22-29(26-7-4-3-5-8-26)16-18-32(34)31-10-6-9-28(21-31)30-17-19-33-36(23-30)39-35-20-13-25(2)38-37(33)35/h3-23,33,36H,1-2H3. The Kier molecular flexibility index (Phi) is 6.06. The SMILES string of the molecule is Cc1ccc(-c2cc(-c3ccccc3)ccc2-c2cccc(C3=CC4Sc5ccc(C)nc5C4C=C3)c2)cc1. The maximum absolute atomic E-state index is 4.86. The van der Waals surface area contributed by atoms with Gasteiger partial charge in [-0.05, 0) is 82.6 Å². The van der Waals surface area contributed by atoms with Crippen molar-refractivity contribution in [2.24, 2.45) is 0 Å². The maximum atomic E-state index is 4.86. The van der Waals surface area contributed by atoms with E-state index in [9.17, 15) is 0 Å². The molecule has 2 heteroatoms. The van der Waals surface area contributed by atoms with E-state index >= 15 is 0 Å². The summed E-state index contributed by atoms with van der Waals surface area (Å²) in [4.78, 5) is 6.17. The number of pyridine rings is 1. The van der Waals surface area contributed by atoms with Gasteiger partial charge in [0.15, 0.2) is 0 Å². The molecule has 0 bridgehead atoms. The van der Waals surface area contributed by atoms with Crippen molar-refractivity contribution >= 4 is 17.3 Å². The molecular weight excluding hydrogens is 490 g/mol. The number of hydrogen-bond donors (Lipinski definition) is 0. The Hall–Kier alpha value is -4.14. The lowest BCUT2D eigenvalue weighted by Crippen LogP contribution is -2.10. The van der Waals surface area contributed by atoms with Crippen LogP contribution in [0.25, 0.3) is 39.0 Å². The molecule has 1 aromatic heterocycles. The van der Waals surface area contributed by atoms with Gasteiger partial charge in [0.05, 0.1) is 5.69 Å². The van der Waals surface area contributed by atoms with E-state index in [-0.39, 0.29) is 0 Å². The molecule has 1 aliphatic carbocycles. The van der Waals surface area contributed by atoms with Gasteiger partial charge in [0.1, 0.15) is 0 Å². The fraction of sp³-hybridized carbons (Fsp3) is 0.108. The van der Waals surface area contributed by atoms with Crippen LogP contribution in [0.3, 0.4) is 0 Å².